The second-order valence-electron chi connectivity index (χ2n) is 5.55. The van der Waals surface area contributed by atoms with Crippen molar-refractivity contribution in [1.29, 1.82) is 0 Å². The van der Waals surface area contributed by atoms with Crippen molar-refractivity contribution >= 4 is 39.9 Å². The molecule has 0 aromatic heterocycles. The van der Waals surface area contributed by atoms with Gasteiger partial charge in [0.05, 0.1) is 10.5 Å². The third-order valence-electron chi connectivity index (χ3n) is 4.10. The van der Waals surface area contributed by atoms with Crippen molar-refractivity contribution < 1.29 is 9.72 Å². The predicted molar refractivity (Wildman–Crippen MR) is 95.2 cm³/mol. The van der Waals surface area contributed by atoms with Crippen LogP contribution < -0.4 is 5.32 Å². The lowest BCUT2D eigenvalue weighted by atomic mass is 9.93. The van der Waals surface area contributed by atoms with Gasteiger partial charge in [-0.25, -0.2) is 0 Å². The average Bonchev–Trinajstić information content (AvgIpc) is 2.52. The summed E-state index contributed by atoms with van der Waals surface area (Å²) in [4.78, 5) is 24.6. The van der Waals surface area contributed by atoms with Gasteiger partial charge in [-0.1, -0.05) is 0 Å². The predicted octanol–water partition coefficient (Wildman–Crippen LogP) is 3.24. The van der Waals surface area contributed by atoms with Crippen molar-refractivity contribution in [2.75, 3.05) is 26.7 Å². The number of carbonyl (C=O) groups excluding carboxylic acids is 1. The van der Waals surface area contributed by atoms with E-state index in [4.69, 9.17) is 0 Å². The Hall–Kier alpha value is -1.18. The lowest BCUT2D eigenvalue weighted by Gasteiger charge is -2.32. The zero-order chi connectivity index (χ0) is 16.1. The Labute approximate surface area is 150 Å². The van der Waals surface area contributed by atoms with Crippen LogP contribution in [0.15, 0.2) is 22.7 Å². The summed E-state index contributed by atoms with van der Waals surface area (Å²) >= 11 is 3.27. The van der Waals surface area contributed by atoms with Gasteiger partial charge in [-0.2, -0.15) is 0 Å². The number of nitro benzene ring substituents is 1. The molecule has 128 valence electrons. The molecule has 0 spiro atoms. The normalized spacial score (nSPS) is 15.1. The number of amides is 1. The number of non-ortho nitro benzene ring substituents is 1. The van der Waals surface area contributed by atoms with E-state index in [-0.39, 0.29) is 24.0 Å². The van der Waals surface area contributed by atoms with Crippen LogP contribution in [0.25, 0.3) is 0 Å². The SMILES string of the molecule is CNCCC1CCN(C(=O)c2ccc([N+](=O)[O-])cc2Br)CC1.Cl. The van der Waals surface area contributed by atoms with Gasteiger partial charge in [0.2, 0.25) is 0 Å². The molecule has 1 aromatic carbocycles. The number of carbonyl (C=O) groups is 1. The smallest absolute Gasteiger partial charge is 0.270 e. The van der Waals surface area contributed by atoms with Gasteiger partial charge < -0.3 is 10.2 Å². The summed E-state index contributed by atoms with van der Waals surface area (Å²) in [5.41, 5.74) is 0.466. The van der Waals surface area contributed by atoms with Crippen LogP contribution in [0.2, 0.25) is 0 Å². The number of rotatable bonds is 5. The number of hydrogen-bond donors (Lipinski definition) is 1. The van der Waals surface area contributed by atoms with E-state index in [1.807, 2.05) is 11.9 Å². The maximum atomic E-state index is 12.5. The third-order valence-corrected chi connectivity index (χ3v) is 4.75. The molecule has 8 heteroatoms. The Balaban J connectivity index is 0.00000264. The summed E-state index contributed by atoms with van der Waals surface area (Å²) in [6, 6.07) is 4.28. The Morgan fingerprint density at radius 1 is 1.43 bits per heavy atom. The number of benzene rings is 1. The van der Waals surface area contributed by atoms with E-state index in [9.17, 15) is 14.9 Å². The number of piperidine rings is 1. The zero-order valence-electron chi connectivity index (χ0n) is 13.0. The minimum absolute atomic E-state index is 0. The molecular formula is C15H21BrClN3O3. The summed E-state index contributed by atoms with van der Waals surface area (Å²) in [6.07, 6.45) is 3.16. The number of nitrogens with zero attached hydrogens (tertiary/aromatic N) is 2. The zero-order valence-corrected chi connectivity index (χ0v) is 15.4. The van der Waals surface area contributed by atoms with E-state index < -0.39 is 4.92 Å². The molecule has 1 aliphatic rings. The van der Waals surface area contributed by atoms with Crippen LogP contribution in [-0.2, 0) is 0 Å². The van der Waals surface area contributed by atoms with Gasteiger partial charge >= 0.3 is 0 Å². The highest BCUT2D eigenvalue weighted by atomic mass is 79.9. The molecule has 23 heavy (non-hydrogen) atoms. The van der Waals surface area contributed by atoms with E-state index in [2.05, 4.69) is 21.2 Å². The van der Waals surface area contributed by atoms with E-state index >= 15 is 0 Å². The van der Waals surface area contributed by atoms with E-state index in [0.29, 0.717) is 16.0 Å². The van der Waals surface area contributed by atoms with Crippen molar-refractivity contribution in [3.05, 3.63) is 38.3 Å². The fraction of sp³-hybridized carbons (Fsp3) is 0.533. The molecule has 0 saturated carbocycles. The number of hydrogen-bond acceptors (Lipinski definition) is 4. The molecule has 1 aromatic rings. The summed E-state index contributed by atoms with van der Waals surface area (Å²) < 4.78 is 0.476. The molecule has 0 unspecified atom stereocenters. The second kappa shape index (κ2) is 9.20. The van der Waals surface area contributed by atoms with Gasteiger partial charge in [-0.3, -0.25) is 14.9 Å². The summed E-state index contributed by atoms with van der Waals surface area (Å²) in [5.74, 6) is 0.602. The molecule has 0 bridgehead atoms. The molecule has 1 amide bonds. The highest BCUT2D eigenvalue weighted by Gasteiger charge is 2.25. The van der Waals surface area contributed by atoms with Crippen LogP contribution in [0.5, 0.6) is 0 Å². The number of halogens is 2. The molecule has 1 N–H and O–H groups in total. The van der Waals surface area contributed by atoms with E-state index in [0.717, 1.165) is 38.9 Å². The minimum atomic E-state index is -0.466. The van der Waals surface area contributed by atoms with Gasteiger partial charge in [-0.05, 0) is 60.8 Å². The van der Waals surface area contributed by atoms with Crippen molar-refractivity contribution in [3.8, 4) is 0 Å². The van der Waals surface area contributed by atoms with Gasteiger partial charge in [-0.15, -0.1) is 12.4 Å². The van der Waals surface area contributed by atoms with Gasteiger partial charge in [0, 0.05) is 29.7 Å². The van der Waals surface area contributed by atoms with Crippen LogP contribution in [0.3, 0.4) is 0 Å². The van der Waals surface area contributed by atoms with Crippen LogP contribution in [-0.4, -0.2) is 42.4 Å². The second-order valence-corrected chi connectivity index (χ2v) is 6.40. The number of nitrogens with one attached hydrogen (secondary N) is 1. The number of likely N-dealkylation sites (tertiary alicyclic amines) is 1. The monoisotopic (exact) mass is 405 g/mol. The Bertz CT molecular complexity index is 563. The van der Waals surface area contributed by atoms with Crippen molar-refractivity contribution in [3.63, 3.8) is 0 Å². The highest BCUT2D eigenvalue weighted by Crippen LogP contribution is 2.26. The average molecular weight is 407 g/mol. The fourth-order valence-electron chi connectivity index (χ4n) is 2.73. The highest BCUT2D eigenvalue weighted by molar-refractivity contribution is 9.10. The summed E-state index contributed by atoms with van der Waals surface area (Å²) in [6.45, 7) is 2.50. The lowest BCUT2D eigenvalue weighted by Crippen LogP contribution is -2.39. The van der Waals surface area contributed by atoms with Crippen LogP contribution in [0, 0.1) is 16.0 Å². The first-order valence-corrected chi connectivity index (χ1v) is 8.20. The standard InChI is InChI=1S/C15H20BrN3O3.ClH/c1-17-7-4-11-5-8-18(9-6-11)15(20)13-3-2-12(19(21)22)10-14(13)16;/h2-3,10-11,17H,4-9H2,1H3;1H. The quantitative estimate of drug-likeness (QED) is 0.601. The van der Waals surface area contributed by atoms with Crippen LogP contribution in [0.1, 0.15) is 29.6 Å². The molecular weight excluding hydrogens is 386 g/mol. The summed E-state index contributed by atoms with van der Waals surface area (Å²) in [5, 5.41) is 13.9. The molecule has 2 rings (SSSR count). The molecule has 1 saturated heterocycles. The Morgan fingerprint density at radius 3 is 2.61 bits per heavy atom. The van der Waals surface area contributed by atoms with E-state index in [1.54, 1.807) is 0 Å². The molecule has 1 heterocycles. The first kappa shape index (κ1) is 19.9. The Morgan fingerprint density at radius 2 is 2.09 bits per heavy atom. The largest absolute Gasteiger partial charge is 0.339 e. The molecule has 0 radical (unpaired) electrons. The maximum Gasteiger partial charge on any atom is 0.270 e. The fourth-order valence-corrected chi connectivity index (χ4v) is 3.27. The topological polar surface area (TPSA) is 75.5 Å². The van der Waals surface area contributed by atoms with Crippen LogP contribution >= 0.6 is 28.3 Å². The van der Waals surface area contributed by atoms with Crippen molar-refractivity contribution in [1.82, 2.24) is 10.2 Å². The van der Waals surface area contributed by atoms with Gasteiger partial charge in [0.15, 0.2) is 0 Å². The van der Waals surface area contributed by atoms with Crippen LogP contribution in [0.4, 0.5) is 5.69 Å². The minimum Gasteiger partial charge on any atom is -0.339 e. The maximum absolute atomic E-state index is 12.5. The molecule has 0 atom stereocenters. The molecule has 1 fully saturated rings. The van der Waals surface area contributed by atoms with Crippen molar-refractivity contribution in [2.24, 2.45) is 5.92 Å². The molecule has 0 aliphatic carbocycles. The van der Waals surface area contributed by atoms with Gasteiger partial charge in [0.25, 0.3) is 11.6 Å². The Kier molecular flexibility index (Phi) is 7.94. The molecule has 1 aliphatic heterocycles. The van der Waals surface area contributed by atoms with Crippen molar-refractivity contribution in [2.45, 2.75) is 19.3 Å². The van der Waals surface area contributed by atoms with Gasteiger partial charge in [0.1, 0.15) is 0 Å². The lowest BCUT2D eigenvalue weighted by molar-refractivity contribution is -0.384. The molecule has 6 nitrogen and oxygen atoms in total. The third kappa shape index (κ3) is 5.16. The summed E-state index contributed by atoms with van der Waals surface area (Å²) in [7, 11) is 1.95. The van der Waals surface area contributed by atoms with E-state index in [1.165, 1.54) is 18.2 Å². The first-order chi connectivity index (χ1) is 10.5. The first-order valence-electron chi connectivity index (χ1n) is 7.40. The number of nitro groups is 1.